The van der Waals surface area contributed by atoms with E-state index >= 15 is 0 Å². The molecule has 1 rings (SSSR count). The highest BCUT2D eigenvalue weighted by Crippen LogP contribution is 2.02. The summed E-state index contributed by atoms with van der Waals surface area (Å²) >= 11 is 0. The molecule has 0 unspecified atom stereocenters. The molecular weight excluding hydrogens is 160 g/mol. The van der Waals surface area contributed by atoms with Gasteiger partial charge in [-0.25, -0.2) is 4.39 Å². The Hall–Kier alpha value is -1.36. The van der Waals surface area contributed by atoms with Crippen molar-refractivity contribution >= 4 is 18.9 Å². The van der Waals surface area contributed by atoms with E-state index in [2.05, 4.69) is 0 Å². The number of hydrogen-bond donors (Lipinski definition) is 2. The van der Waals surface area contributed by atoms with Crippen molar-refractivity contribution in [3.63, 3.8) is 0 Å². The first-order valence-electron chi connectivity index (χ1n) is 3.34. The standard InChI is InChI=1S/C7H7BFNO2/c9-6-2-1-4(8-12)3-5(6)7(10)11/h1-3,8,12H,(H2,10,11). The van der Waals surface area contributed by atoms with Crippen LogP contribution in [0.2, 0.25) is 0 Å². The van der Waals surface area contributed by atoms with Gasteiger partial charge in [-0.3, -0.25) is 4.79 Å². The van der Waals surface area contributed by atoms with Gasteiger partial charge in [-0.15, -0.1) is 0 Å². The average Bonchev–Trinajstić information content (AvgIpc) is 2.05. The molecule has 0 heterocycles. The van der Waals surface area contributed by atoms with Gasteiger partial charge in [0, 0.05) is 0 Å². The second-order valence-corrected chi connectivity index (χ2v) is 2.34. The molecular formula is C7H7BFNO2. The van der Waals surface area contributed by atoms with Gasteiger partial charge in [0.15, 0.2) is 0 Å². The van der Waals surface area contributed by atoms with Gasteiger partial charge < -0.3 is 10.8 Å². The summed E-state index contributed by atoms with van der Waals surface area (Å²) in [6, 6.07) is 3.73. The van der Waals surface area contributed by atoms with Crippen LogP contribution in [0.25, 0.3) is 0 Å². The number of hydrogen-bond acceptors (Lipinski definition) is 2. The highest BCUT2D eigenvalue weighted by Gasteiger charge is 2.08. The van der Waals surface area contributed by atoms with Crippen molar-refractivity contribution in [2.45, 2.75) is 0 Å². The number of halogens is 1. The number of carbonyl (C=O) groups excluding carboxylic acids is 1. The highest BCUT2D eigenvalue weighted by molar-refractivity contribution is 6.45. The lowest BCUT2D eigenvalue weighted by atomic mass is 9.87. The fourth-order valence-corrected chi connectivity index (χ4v) is 0.860. The van der Waals surface area contributed by atoms with Crippen molar-refractivity contribution in [2.24, 2.45) is 5.73 Å². The van der Waals surface area contributed by atoms with Crippen LogP contribution >= 0.6 is 0 Å². The first-order valence-corrected chi connectivity index (χ1v) is 3.34. The second kappa shape index (κ2) is 3.36. The van der Waals surface area contributed by atoms with Crippen molar-refractivity contribution in [1.29, 1.82) is 0 Å². The number of primary amides is 1. The minimum Gasteiger partial charge on any atom is -0.449 e. The molecule has 3 nitrogen and oxygen atoms in total. The predicted molar refractivity (Wildman–Crippen MR) is 43.9 cm³/mol. The quantitative estimate of drug-likeness (QED) is 0.548. The molecule has 12 heavy (non-hydrogen) atoms. The van der Waals surface area contributed by atoms with Gasteiger partial charge in [0.1, 0.15) is 5.82 Å². The molecule has 0 bridgehead atoms. The van der Waals surface area contributed by atoms with Gasteiger partial charge >= 0.3 is 7.48 Å². The summed E-state index contributed by atoms with van der Waals surface area (Å²) in [6.45, 7) is 0. The van der Waals surface area contributed by atoms with Crippen molar-refractivity contribution in [2.75, 3.05) is 0 Å². The van der Waals surface area contributed by atoms with Crippen LogP contribution in [0.5, 0.6) is 0 Å². The Morgan fingerprint density at radius 3 is 2.75 bits per heavy atom. The van der Waals surface area contributed by atoms with Crippen LogP contribution in [-0.4, -0.2) is 18.4 Å². The molecule has 0 saturated carbocycles. The van der Waals surface area contributed by atoms with Crippen LogP contribution in [0.1, 0.15) is 10.4 Å². The largest absolute Gasteiger partial charge is 0.449 e. The molecule has 0 radical (unpaired) electrons. The van der Waals surface area contributed by atoms with Gasteiger partial charge in [-0.05, 0) is 12.1 Å². The van der Waals surface area contributed by atoms with E-state index in [1.54, 1.807) is 0 Å². The van der Waals surface area contributed by atoms with Crippen molar-refractivity contribution in [3.05, 3.63) is 29.6 Å². The van der Waals surface area contributed by atoms with Crippen LogP contribution in [0.3, 0.4) is 0 Å². The molecule has 0 aliphatic carbocycles. The van der Waals surface area contributed by atoms with Crippen LogP contribution in [-0.2, 0) is 0 Å². The Morgan fingerprint density at radius 2 is 2.25 bits per heavy atom. The van der Waals surface area contributed by atoms with Crippen molar-refractivity contribution in [3.8, 4) is 0 Å². The van der Waals surface area contributed by atoms with Crippen molar-refractivity contribution in [1.82, 2.24) is 0 Å². The van der Waals surface area contributed by atoms with E-state index < -0.39 is 11.7 Å². The zero-order chi connectivity index (χ0) is 9.14. The fraction of sp³-hybridized carbons (Fsp3) is 0. The van der Waals surface area contributed by atoms with E-state index in [1.165, 1.54) is 12.1 Å². The SMILES string of the molecule is NC(=O)c1cc(BO)ccc1F. The fourth-order valence-electron chi connectivity index (χ4n) is 0.860. The number of benzene rings is 1. The summed E-state index contributed by atoms with van der Waals surface area (Å²) < 4.78 is 12.8. The number of nitrogens with two attached hydrogens (primary N) is 1. The molecule has 0 saturated heterocycles. The normalized spacial score (nSPS) is 9.50. The Kier molecular flexibility index (Phi) is 2.45. The Labute approximate surface area is 69.3 Å². The predicted octanol–water partition coefficient (Wildman–Crippen LogP) is -1.11. The van der Waals surface area contributed by atoms with E-state index in [9.17, 15) is 9.18 Å². The number of carbonyl (C=O) groups is 1. The molecule has 0 aliphatic rings. The molecule has 1 amide bonds. The topological polar surface area (TPSA) is 63.3 Å². The summed E-state index contributed by atoms with van der Waals surface area (Å²) in [5.74, 6) is -1.50. The number of rotatable bonds is 2. The zero-order valence-electron chi connectivity index (χ0n) is 6.25. The molecule has 1 aromatic rings. The lowest BCUT2D eigenvalue weighted by molar-refractivity contribution is 0.0996. The van der Waals surface area contributed by atoms with E-state index in [1.807, 2.05) is 0 Å². The van der Waals surface area contributed by atoms with E-state index in [0.29, 0.717) is 5.46 Å². The van der Waals surface area contributed by atoms with E-state index in [-0.39, 0.29) is 13.0 Å². The average molecular weight is 167 g/mol. The molecule has 0 spiro atoms. The summed E-state index contributed by atoms with van der Waals surface area (Å²) in [7, 11) is -0.236. The van der Waals surface area contributed by atoms with Gasteiger partial charge in [0.05, 0.1) is 5.56 Å². The zero-order valence-corrected chi connectivity index (χ0v) is 6.25. The summed E-state index contributed by atoms with van der Waals surface area (Å²) in [6.07, 6.45) is 0. The molecule has 0 aromatic heterocycles. The first kappa shape index (κ1) is 8.74. The van der Waals surface area contributed by atoms with Gasteiger partial charge in [0.25, 0.3) is 5.91 Å². The highest BCUT2D eigenvalue weighted by atomic mass is 19.1. The van der Waals surface area contributed by atoms with Gasteiger partial charge in [0.2, 0.25) is 0 Å². The lowest BCUT2D eigenvalue weighted by Crippen LogP contribution is -2.20. The van der Waals surface area contributed by atoms with Crippen LogP contribution in [0, 0.1) is 5.82 Å². The van der Waals surface area contributed by atoms with E-state index in [0.717, 1.165) is 6.07 Å². The van der Waals surface area contributed by atoms with E-state index in [4.69, 9.17) is 10.8 Å². The monoisotopic (exact) mass is 167 g/mol. The smallest absolute Gasteiger partial charge is 0.304 e. The second-order valence-electron chi connectivity index (χ2n) is 2.34. The molecule has 0 atom stereocenters. The third-order valence-corrected chi connectivity index (χ3v) is 1.48. The molecule has 3 N–H and O–H groups in total. The van der Waals surface area contributed by atoms with Gasteiger partial charge in [-0.2, -0.15) is 0 Å². The maximum absolute atomic E-state index is 12.8. The molecule has 62 valence electrons. The van der Waals surface area contributed by atoms with Crippen LogP contribution in [0.4, 0.5) is 4.39 Å². The molecule has 0 aliphatic heterocycles. The maximum Gasteiger partial charge on any atom is 0.304 e. The minimum atomic E-state index is -0.831. The lowest BCUT2D eigenvalue weighted by Gasteiger charge is -1.99. The molecule has 0 fully saturated rings. The summed E-state index contributed by atoms with van der Waals surface area (Å²) in [4.78, 5) is 10.6. The Bertz CT molecular complexity index is 316. The summed E-state index contributed by atoms with van der Waals surface area (Å²) in [5.41, 5.74) is 5.15. The third-order valence-electron chi connectivity index (χ3n) is 1.48. The Morgan fingerprint density at radius 1 is 1.58 bits per heavy atom. The maximum atomic E-state index is 12.8. The third kappa shape index (κ3) is 1.62. The summed E-state index contributed by atoms with van der Waals surface area (Å²) in [5, 5.41) is 8.66. The number of amides is 1. The minimum absolute atomic E-state index is 0.193. The molecule has 1 aromatic carbocycles. The Balaban J connectivity index is 3.17. The first-order chi connectivity index (χ1) is 5.65. The van der Waals surface area contributed by atoms with Crippen LogP contribution in [0.15, 0.2) is 18.2 Å². The van der Waals surface area contributed by atoms with Gasteiger partial charge in [-0.1, -0.05) is 11.5 Å². The molecule has 5 heteroatoms. The van der Waals surface area contributed by atoms with Crippen LogP contribution < -0.4 is 11.2 Å². The van der Waals surface area contributed by atoms with Crippen molar-refractivity contribution < 1.29 is 14.2 Å².